The first-order valence-corrected chi connectivity index (χ1v) is 10.3. The van der Waals surface area contributed by atoms with E-state index in [9.17, 15) is 8.42 Å². The van der Waals surface area contributed by atoms with Crippen LogP contribution in [0, 0.1) is 6.92 Å². The van der Waals surface area contributed by atoms with E-state index in [1.165, 1.54) is 6.26 Å². The normalized spacial score (nSPS) is 11.8. The van der Waals surface area contributed by atoms with E-state index in [1.807, 2.05) is 17.4 Å². The maximum atomic E-state index is 12.0. The van der Waals surface area contributed by atoms with E-state index < -0.39 is 9.84 Å². The van der Waals surface area contributed by atoms with Crippen LogP contribution in [-0.4, -0.2) is 34.0 Å². The molecule has 8 nitrogen and oxygen atoms in total. The number of imidazole rings is 1. The molecule has 0 atom stereocenters. The summed E-state index contributed by atoms with van der Waals surface area (Å²) in [4.78, 5) is 13.1. The third kappa shape index (κ3) is 3.05. The van der Waals surface area contributed by atoms with Crippen molar-refractivity contribution < 1.29 is 8.42 Å². The predicted octanol–water partition coefficient (Wildman–Crippen LogP) is 2.33. The van der Waals surface area contributed by atoms with Crippen LogP contribution in [0.1, 0.15) is 5.56 Å². The number of aryl methyl sites for hydroxylation is 1. The number of rotatable bonds is 3. The zero-order chi connectivity index (χ0) is 20.1. The van der Waals surface area contributed by atoms with Crippen LogP contribution in [0.2, 0.25) is 0 Å². The molecule has 0 fully saturated rings. The number of nitrogens with two attached hydrogens (primary N) is 2. The first kappa shape index (κ1) is 17.9. The van der Waals surface area contributed by atoms with E-state index in [0.717, 1.165) is 22.4 Å². The topological polar surface area (TPSA) is 129 Å². The minimum absolute atomic E-state index is 0.244. The van der Waals surface area contributed by atoms with Crippen molar-refractivity contribution in [3.05, 3.63) is 54.5 Å². The summed E-state index contributed by atoms with van der Waals surface area (Å²) in [5.74, 6) is 0.673. The van der Waals surface area contributed by atoms with E-state index in [0.29, 0.717) is 17.2 Å². The fourth-order valence-electron chi connectivity index (χ4n) is 3.01. The zero-order valence-electron chi connectivity index (χ0n) is 15.3. The SMILES string of the molecule is Cc1ccc(S(C)(=O)=O)cc1-c1cnc2c(N)nc(-c3ccc(N)nc3)cn12. The summed E-state index contributed by atoms with van der Waals surface area (Å²) in [7, 11) is -3.34. The van der Waals surface area contributed by atoms with Gasteiger partial charge in [-0.2, -0.15) is 0 Å². The Morgan fingerprint density at radius 1 is 1.04 bits per heavy atom. The zero-order valence-corrected chi connectivity index (χ0v) is 16.1. The Morgan fingerprint density at radius 3 is 2.50 bits per heavy atom. The Bertz CT molecular complexity index is 1310. The number of nitrogens with zero attached hydrogens (tertiary/aromatic N) is 4. The number of hydrogen-bond donors (Lipinski definition) is 2. The summed E-state index contributed by atoms with van der Waals surface area (Å²) in [6, 6.07) is 8.52. The molecule has 0 saturated heterocycles. The second-order valence-electron chi connectivity index (χ2n) is 6.57. The molecular formula is C19H18N6O2S. The van der Waals surface area contributed by atoms with Crippen molar-refractivity contribution in [1.82, 2.24) is 19.4 Å². The Balaban J connectivity index is 1.96. The molecule has 0 aliphatic rings. The van der Waals surface area contributed by atoms with Gasteiger partial charge >= 0.3 is 0 Å². The molecule has 4 rings (SSSR count). The second-order valence-corrected chi connectivity index (χ2v) is 8.58. The monoisotopic (exact) mass is 394 g/mol. The lowest BCUT2D eigenvalue weighted by Crippen LogP contribution is -2.02. The lowest BCUT2D eigenvalue weighted by molar-refractivity contribution is 0.602. The van der Waals surface area contributed by atoms with Gasteiger partial charge in [0, 0.05) is 29.8 Å². The minimum atomic E-state index is -3.34. The van der Waals surface area contributed by atoms with Gasteiger partial charge < -0.3 is 11.5 Å². The lowest BCUT2D eigenvalue weighted by atomic mass is 10.1. The summed E-state index contributed by atoms with van der Waals surface area (Å²) < 4.78 is 25.8. The van der Waals surface area contributed by atoms with Crippen molar-refractivity contribution >= 4 is 27.1 Å². The third-order valence-corrected chi connectivity index (χ3v) is 5.62. The molecule has 4 N–H and O–H groups in total. The number of pyridine rings is 1. The fourth-order valence-corrected chi connectivity index (χ4v) is 3.66. The molecule has 0 unspecified atom stereocenters. The van der Waals surface area contributed by atoms with Gasteiger partial charge in [0.05, 0.1) is 22.5 Å². The van der Waals surface area contributed by atoms with Gasteiger partial charge in [-0.3, -0.25) is 4.40 Å². The third-order valence-electron chi connectivity index (χ3n) is 4.51. The molecule has 3 heterocycles. The molecule has 4 aromatic rings. The van der Waals surface area contributed by atoms with Crippen molar-refractivity contribution in [3.8, 4) is 22.5 Å². The van der Waals surface area contributed by atoms with Gasteiger partial charge in [-0.15, -0.1) is 0 Å². The number of hydrogen-bond acceptors (Lipinski definition) is 7. The molecule has 0 spiro atoms. The lowest BCUT2D eigenvalue weighted by Gasteiger charge is -2.10. The number of benzene rings is 1. The van der Waals surface area contributed by atoms with E-state index in [2.05, 4.69) is 15.0 Å². The number of anilines is 2. The largest absolute Gasteiger partial charge is 0.384 e. The van der Waals surface area contributed by atoms with E-state index in [1.54, 1.807) is 42.9 Å². The summed E-state index contributed by atoms with van der Waals surface area (Å²) >= 11 is 0. The maximum absolute atomic E-state index is 12.0. The molecule has 0 aliphatic heterocycles. The average Bonchev–Trinajstić information content (AvgIpc) is 3.06. The van der Waals surface area contributed by atoms with Crippen LogP contribution in [0.25, 0.3) is 28.2 Å². The number of aromatic nitrogens is 4. The average molecular weight is 394 g/mol. The van der Waals surface area contributed by atoms with Gasteiger partial charge in [0.15, 0.2) is 21.3 Å². The Morgan fingerprint density at radius 2 is 1.82 bits per heavy atom. The maximum Gasteiger partial charge on any atom is 0.180 e. The molecule has 0 saturated carbocycles. The van der Waals surface area contributed by atoms with Crippen LogP contribution in [0.5, 0.6) is 0 Å². The van der Waals surface area contributed by atoms with Crippen molar-refractivity contribution in [2.45, 2.75) is 11.8 Å². The number of sulfone groups is 1. The van der Waals surface area contributed by atoms with E-state index >= 15 is 0 Å². The smallest absolute Gasteiger partial charge is 0.180 e. The number of nitrogen functional groups attached to an aromatic ring is 2. The molecule has 0 amide bonds. The Kier molecular flexibility index (Phi) is 4.04. The van der Waals surface area contributed by atoms with Crippen molar-refractivity contribution in [2.75, 3.05) is 17.7 Å². The molecule has 1 aromatic carbocycles. The van der Waals surface area contributed by atoms with Crippen LogP contribution < -0.4 is 11.5 Å². The highest BCUT2D eigenvalue weighted by Gasteiger charge is 2.16. The molecule has 0 bridgehead atoms. The standard InChI is InChI=1S/C19H18N6O2S/c1-11-3-5-13(28(2,26)27)7-14(11)16-9-23-19-18(21)24-15(10-25(16)19)12-4-6-17(20)22-8-12/h3-10H,1-2H3,(H2,20,22)(H2,21,24). The van der Waals surface area contributed by atoms with Crippen LogP contribution in [0.3, 0.4) is 0 Å². The quantitative estimate of drug-likeness (QED) is 0.545. The van der Waals surface area contributed by atoms with Crippen LogP contribution >= 0.6 is 0 Å². The first-order chi connectivity index (χ1) is 13.2. The molecule has 142 valence electrons. The van der Waals surface area contributed by atoms with Gasteiger partial charge in [0.25, 0.3) is 0 Å². The second kappa shape index (κ2) is 6.31. The van der Waals surface area contributed by atoms with E-state index in [4.69, 9.17) is 11.5 Å². The highest BCUT2D eigenvalue weighted by atomic mass is 32.2. The van der Waals surface area contributed by atoms with Gasteiger partial charge in [-0.1, -0.05) is 6.07 Å². The molecule has 3 aromatic heterocycles. The summed E-state index contributed by atoms with van der Waals surface area (Å²) in [5, 5.41) is 0. The van der Waals surface area contributed by atoms with Crippen molar-refractivity contribution in [1.29, 1.82) is 0 Å². The fraction of sp³-hybridized carbons (Fsp3) is 0.105. The summed E-state index contributed by atoms with van der Waals surface area (Å²) in [5.41, 5.74) is 16.0. The number of fused-ring (bicyclic) bond motifs is 1. The summed E-state index contributed by atoms with van der Waals surface area (Å²) in [6.07, 6.45) is 6.26. The van der Waals surface area contributed by atoms with Gasteiger partial charge in [0.1, 0.15) is 5.82 Å². The molecular weight excluding hydrogens is 376 g/mol. The minimum Gasteiger partial charge on any atom is -0.384 e. The van der Waals surface area contributed by atoms with Gasteiger partial charge in [-0.05, 0) is 36.8 Å². The highest BCUT2D eigenvalue weighted by molar-refractivity contribution is 7.90. The highest BCUT2D eigenvalue weighted by Crippen LogP contribution is 2.30. The van der Waals surface area contributed by atoms with Crippen molar-refractivity contribution in [3.63, 3.8) is 0 Å². The van der Waals surface area contributed by atoms with Crippen LogP contribution in [-0.2, 0) is 9.84 Å². The summed E-state index contributed by atoms with van der Waals surface area (Å²) in [6.45, 7) is 1.91. The molecule has 0 radical (unpaired) electrons. The molecule has 0 aliphatic carbocycles. The van der Waals surface area contributed by atoms with Gasteiger partial charge in [0.2, 0.25) is 0 Å². The van der Waals surface area contributed by atoms with Crippen LogP contribution in [0.15, 0.2) is 53.8 Å². The molecule has 9 heteroatoms. The van der Waals surface area contributed by atoms with Crippen LogP contribution in [0.4, 0.5) is 11.6 Å². The Hall–Kier alpha value is -3.46. The Labute approximate surface area is 161 Å². The van der Waals surface area contributed by atoms with E-state index in [-0.39, 0.29) is 10.7 Å². The van der Waals surface area contributed by atoms with Crippen molar-refractivity contribution in [2.24, 2.45) is 0 Å². The first-order valence-electron chi connectivity index (χ1n) is 8.40. The molecule has 28 heavy (non-hydrogen) atoms. The van der Waals surface area contributed by atoms with Gasteiger partial charge in [-0.25, -0.2) is 23.4 Å². The predicted molar refractivity (Wildman–Crippen MR) is 108 cm³/mol.